The lowest BCUT2D eigenvalue weighted by Crippen LogP contribution is -2.75. The number of hydrogen-bond acceptors (Lipinski definition) is 4. The molecule has 1 atom stereocenters. The Kier molecular flexibility index (Phi) is 4.95. The van der Waals surface area contributed by atoms with E-state index in [2.05, 4.69) is 32.0 Å². The van der Waals surface area contributed by atoms with Crippen molar-refractivity contribution < 1.29 is 5.21 Å². The lowest BCUT2D eigenvalue weighted by Gasteiger charge is -2.44. The molecule has 1 aliphatic heterocycles. The zero-order chi connectivity index (χ0) is 13.6. The first-order chi connectivity index (χ1) is 8.57. The van der Waals surface area contributed by atoms with Crippen molar-refractivity contribution in [2.45, 2.75) is 26.1 Å². The average molecular weight is 252 g/mol. The summed E-state index contributed by atoms with van der Waals surface area (Å²) in [6.07, 6.45) is 6.13. The van der Waals surface area contributed by atoms with E-state index in [0.29, 0.717) is 18.5 Å². The number of hydrogen-bond donors (Lipinski definition) is 4. The maximum absolute atomic E-state index is 9.27. The summed E-state index contributed by atoms with van der Waals surface area (Å²) < 4.78 is 0. The second kappa shape index (κ2) is 6.23. The summed E-state index contributed by atoms with van der Waals surface area (Å²) in [5.41, 5.74) is 2.20. The highest BCUT2D eigenvalue weighted by Crippen LogP contribution is 2.09. The van der Waals surface area contributed by atoms with Crippen molar-refractivity contribution >= 4 is 11.9 Å². The molecule has 7 nitrogen and oxygen atoms in total. The number of nitrogens with zero attached hydrogens (tertiary/aromatic N) is 3. The Balaban J connectivity index is 2.95. The normalized spacial score (nSPS) is 27.8. The van der Waals surface area contributed by atoms with Gasteiger partial charge in [-0.2, -0.15) is 5.48 Å². The molecule has 0 saturated carbocycles. The molecule has 0 aromatic heterocycles. The van der Waals surface area contributed by atoms with E-state index in [1.54, 1.807) is 18.9 Å². The highest BCUT2D eigenvalue weighted by Gasteiger charge is 2.36. The topological polar surface area (TPSA) is 84.3 Å². The molecule has 1 saturated heterocycles. The minimum atomic E-state index is -0.884. The summed E-state index contributed by atoms with van der Waals surface area (Å²) in [5, 5.41) is 15.3. The van der Waals surface area contributed by atoms with Gasteiger partial charge in [0.15, 0.2) is 5.79 Å². The predicted molar refractivity (Wildman–Crippen MR) is 71.1 cm³/mol. The highest BCUT2D eigenvalue weighted by molar-refractivity contribution is 6.01. The fourth-order valence-electron chi connectivity index (χ4n) is 1.42. The number of rotatable bonds is 4. The molecule has 7 heteroatoms. The zero-order valence-corrected chi connectivity index (χ0v) is 11.0. The SMILES string of the molecule is C#CCN=C1NC(=NCCC)NC(C)(NO)N1C. The monoisotopic (exact) mass is 252 g/mol. The second-order valence-electron chi connectivity index (χ2n) is 4.07. The minimum Gasteiger partial charge on any atom is -0.319 e. The molecule has 1 fully saturated rings. The van der Waals surface area contributed by atoms with Crippen LogP contribution in [0.4, 0.5) is 0 Å². The van der Waals surface area contributed by atoms with Crippen LogP contribution in [0, 0.1) is 12.3 Å². The van der Waals surface area contributed by atoms with Gasteiger partial charge in [-0.1, -0.05) is 12.8 Å². The van der Waals surface area contributed by atoms with E-state index < -0.39 is 5.79 Å². The summed E-state index contributed by atoms with van der Waals surface area (Å²) in [5.74, 6) is 2.66. The van der Waals surface area contributed by atoms with E-state index in [1.165, 1.54) is 0 Å². The molecule has 4 N–H and O–H groups in total. The molecule has 0 aliphatic carbocycles. The standard InChI is InChI=1S/C11H20N6O/c1-5-7-12-9-14-10(13-8-6-2)17(4)11(3,15-9)16-18/h2,16,18H,5,7-8H2,1,3-4H3,(H2,12,13,14,15). The fraction of sp³-hybridized carbons (Fsp3) is 0.636. The van der Waals surface area contributed by atoms with Crippen LogP contribution in [0.1, 0.15) is 20.3 Å². The molecule has 1 unspecified atom stereocenters. The summed E-state index contributed by atoms with van der Waals surface area (Å²) in [6, 6.07) is 0. The Bertz CT molecular complexity index is 385. The van der Waals surface area contributed by atoms with Gasteiger partial charge in [-0.05, 0) is 13.3 Å². The van der Waals surface area contributed by atoms with Crippen LogP contribution in [0.15, 0.2) is 9.98 Å². The van der Waals surface area contributed by atoms with E-state index >= 15 is 0 Å². The molecule has 0 radical (unpaired) electrons. The van der Waals surface area contributed by atoms with Gasteiger partial charge in [-0.25, -0.2) is 4.99 Å². The van der Waals surface area contributed by atoms with Crippen LogP contribution < -0.4 is 16.1 Å². The van der Waals surface area contributed by atoms with E-state index in [-0.39, 0.29) is 6.54 Å². The Morgan fingerprint density at radius 2 is 2.28 bits per heavy atom. The van der Waals surface area contributed by atoms with Crippen molar-refractivity contribution in [2.24, 2.45) is 9.98 Å². The quantitative estimate of drug-likeness (QED) is 0.401. The molecule has 0 amide bonds. The number of nitrogens with one attached hydrogen (secondary N) is 3. The molecule has 1 rings (SSSR count). The fourth-order valence-corrected chi connectivity index (χ4v) is 1.42. The molecule has 1 aliphatic rings. The van der Waals surface area contributed by atoms with Crippen molar-refractivity contribution in [1.29, 1.82) is 0 Å². The van der Waals surface area contributed by atoms with Crippen LogP contribution in [0.25, 0.3) is 0 Å². The second-order valence-corrected chi connectivity index (χ2v) is 4.07. The third-order valence-electron chi connectivity index (χ3n) is 2.61. The predicted octanol–water partition coefficient (Wildman–Crippen LogP) is -0.481. The van der Waals surface area contributed by atoms with Crippen LogP contribution in [0.2, 0.25) is 0 Å². The lowest BCUT2D eigenvalue weighted by molar-refractivity contribution is -0.0103. The van der Waals surface area contributed by atoms with Crippen molar-refractivity contribution in [3.8, 4) is 12.3 Å². The van der Waals surface area contributed by atoms with Crippen LogP contribution in [-0.2, 0) is 0 Å². The third-order valence-corrected chi connectivity index (χ3v) is 2.61. The summed E-state index contributed by atoms with van der Waals surface area (Å²) in [7, 11) is 1.77. The first-order valence-electron chi connectivity index (χ1n) is 5.80. The molecule has 1 heterocycles. The molecule has 18 heavy (non-hydrogen) atoms. The van der Waals surface area contributed by atoms with Crippen molar-refractivity contribution in [3.05, 3.63) is 0 Å². The van der Waals surface area contributed by atoms with Gasteiger partial charge in [-0.3, -0.25) is 10.3 Å². The van der Waals surface area contributed by atoms with Crippen LogP contribution >= 0.6 is 0 Å². The smallest absolute Gasteiger partial charge is 0.204 e. The Labute approximate surface area is 107 Å². The van der Waals surface area contributed by atoms with E-state index in [1.807, 2.05) is 6.92 Å². The Morgan fingerprint density at radius 1 is 1.56 bits per heavy atom. The largest absolute Gasteiger partial charge is 0.319 e. The number of hydroxylamine groups is 1. The number of aliphatic imine (C=N–C) groups is 2. The maximum Gasteiger partial charge on any atom is 0.204 e. The van der Waals surface area contributed by atoms with Gasteiger partial charge < -0.3 is 15.4 Å². The van der Waals surface area contributed by atoms with Gasteiger partial charge in [0.05, 0.1) is 0 Å². The summed E-state index contributed by atoms with van der Waals surface area (Å²) >= 11 is 0. The van der Waals surface area contributed by atoms with Crippen molar-refractivity contribution in [3.63, 3.8) is 0 Å². The van der Waals surface area contributed by atoms with Gasteiger partial charge in [0, 0.05) is 13.6 Å². The zero-order valence-electron chi connectivity index (χ0n) is 11.0. The van der Waals surface area contributed by atoms with Crippen molar-refractivity contribution in [1.82, 2.24) is 21.0 Å². The third kappa shape index (κ3) is 3.12. The molecular formula is C11H20N6O. The van der Waals surface area contributed by atoms with E-state index in [0.717, 1.165) is 6.42 Å². The van der Waals surface area contributed by atoms with Gasteiger partial charge >= 0.3 is 0 Å². The average Bonchev–Trinajstić information content (AvgIpc) is 2.38. The summed E-state index contributed by atoms with van der Waals surface area (Å²) in [6.45, 7) is 4.74. The first-order valence-corrected chi connectivity index (χ1v) is 5.80. The molecule has 0 aromatic rings. The number of guanidine groups is 2. The number of terminal acetylenes is 1. The van der Waals surface area contributed by atoms with Gasteiger partial charge in [0.25, 0.3) is 0 Å². The molecule has 0 bridgehead atoms. The Hall–Kier alpha value is -1.78. The molecule has 0 aromatic carbocycles. The Morgan fingerprint density at radius 3 is 2.83 bits per heavy atom. The minimum absolute atomic E-state index is 0.259. The maximum atomic E-state index is 9.27. The lowest BCUT2D eigenvalue weighted by atomic mass is 10.3. The van der Waals surface area contributed by atoms with Crippen LogP contribution in [0.3, 0.4) is 0 Å². The van der Waals surface area contributed by atoms with E-state index in [9.17, 15) is 5.21 Å². The van der Waals surface area contributed by atoms with E-state index in [4.69, 9.17) is 6.42 Å². The molecular weight excluding hydrogens is 232 g/mol. The van der Waals surface area contributed by atoms with Gasteiger partial charge in [0.1, 0.15) is 6.54 Å². The van der Waals surface area contributed by atoms with Crippen molar-refractivity contribution in [2.75, 3.05) is 20.1 Å². The highest BCUT2D eigenvalue weighted by atomic mass is 16.5. The van der Waals surface area contributed by atoms with Crippen LogP contribution in [0.5, 0.6) is 0 Å². The van der Waals surface area contributed by atoms with Crippen LogP contribution in [-0.4, -0.2) is 48.0 Å². The van der Waals surface area contributed by atoms with Gasteiger partial charge in [-0.15, -0.1) is 6.42 Å². The molecule has 100 valence electrons. The van der Waals surface area contributed by atoms with Gasteiger partial charge in [0.2, 0.25) is 11.9 Å². The first kappa shape index (κ1) is 14.3. The summed E-state index contributed by atoms with van der Waals surface area (Å²) in [4.78, 5) is 10.2. The molecule has 0 spiro atoms.